The number of hydrogen-bond donors (Lipinski definition) is 1. The van der Waals surface area contributed by atoms with Crippen molar-refractivity contribution in [1.29, 1.82) is 0 Å². The summed E-state index contributed by atoms with van der Waals surface area (Å²) >= 11 is 0. The van der Waals surface area contributed by atoms with Crippen LogP contribution in [-0.4, -0.2) is 31.8 Å². The highest BCUT2D eigenvalue weighted by molar-refractivity contribution is 5.69. The molecule has 0 saturated carbocycles. The first-order chi connectivity index (χ1) is 9.65. The summed E-state index contributed by atoms with van der Waals surface area (Å²) in [6.07, 6.45) is 3.23. The zero-order valence-electron chi connectivity index (χ0n) is 11.8. The predicted molar refractivity (Wildman–Crippen MR) is 76.0 cm³/mol. The van der Waals surface area contributed by atoms with Crippen LogP contribution in [0.1, 0.15) is 25.8 Å². The van der Waals surface area contributed by atoms with Crippen LogP contribution in [0.3, 0.4) is 0 Å². The van der Waals surface area contributed by atoms with Gasteiger partial charge in [-0.3, -0.25) is 13.9 Å². The molecular formula is C13H19N5O2. The molecule has 0 spiro atoms. The summed E-state index contributed by atoms with van der Waals surface area (Å²) in [5, 5.41) is 3.20. The highest BCUT2D eigenvalue weighted by Crippen LogP contribution is 2.13. The lowest BCUT2D eigenvalue weighted by Gasteiger charge is -2.15. The normalized spacial score (nSPS) is 19.0. The van der Waals surface area contributed by atoms with Crippen LogP contribution in [0.15, 0.2) is 15.9 Å². The second-order valence-electron chi connectivity index (χ2n) is 5.28. The van der Waals surface area contributed by atoms with Crippen molar-refractivity contribution in [2.24, 2.45) is 7.05 Å². The summed E-state index contributed by atoms with van der Waals surface area (Å²) in [6.45, 7) is 4.10. The van der Waals surface area contributed by atoms with Crippen LogP contribution in [0.5, 0.6) is 0 Å². The number of rotatable bonds is 3. The Morgan fingerprint density at radius 2 is 2.25 bits per heavy atom. The van der Waals surface area contributed by atoms with Gasteiger partial charge in [0.15, 0.2) is 11.2 Å². The van der Waals surface area contributed by atoms with Crippen molar-refractivity contribution in [3.8, 4) is 0 Å². The van der Waals surface area contributed by atoms with Gasteiger partial charge in [-0.05, 0) is 19.4 Å². The zero-order chi connectivity index (χ0) is 14.3. The predicted octanol–water partition coefficient (Wildman–Crippen LogP) is -0.159. The first kappa shape index (κ1) is 13.1. The Kier molecular flexibility index (Phi) is 3.21. The maximum Gasteiger partial charge on any atom is 0.333 e. The molecule has 108 valence electrons. The van der Waals surface area contributed by atoms with Crippen LogP contribution in [0.25, 0.3) is 11.2 Å². The summed E-state index contributed by atoms with van der Waals surface area (Å²) in [7, 11) is 1.79. The molecule has 3 heterocycles. The van der Waals surface area contributed by atoms with Gasteiger partial charge in [0.1, 0.15) is 0 Å². The standard InChI is InChI=1S/C13H19N5O2/c1-3-6-17-11-10(16(2)8-15-11)12(19)18(13(17)20)9-4-5-14-7-9/h8-9,14H,3-7H2,1-2H3. The summed E-state index contributed by atoms with van der Waals surface area (Å²) in [6, 6.07) is -0.0580. The van der Waals surface area contributed by atoms with E-state index < -0.39 is 0 Å². The smallest absolute Gasteiger partial charge is 0.328 e. The molecule has 3 rings (SSSR count). The number of nitrogens with zero attached hydrogens (tertiary/aromatic N) is 4. The number of aromatic nitrogens is 4. The number of aryl methyl sites for hydroxylation is 2. The molecule has 0 aromatic carbocycles. The fraction of sp³-hybridized carbons (Fsp3) is 0.615. The third-order valence-electron chi connectivity index (χ3n) is 3.88. The van der Waals surface area contributed by atoms with Gasteiger partial charge in [-0.2, -0.15) is 0 Å². The van der Waals surface area contributed by atoms with Gasteiger partial charge >= 0.3 is 5.69 Å². The van der Waals surface area contributed by atoms with Crippen molar-refractivity contribution in [3.05, 3.63) is 27.2 Å². The van der Waals surface area contributed by atoms with Gasteiger partial charge < -0.3 is 9.88 Å². The molecule has 0 radical (unpaired) electrons. The zero-order valence-corrected chi connectivity index (χ0v) is 11.8. The summed E-state index contributed by atoms with van der Waals surface area (Å²) < 4.78 is 4.72. The second kappa shape index (κ2) is 4.90. The van der Waals surface area contributed by atoms with Crippen molar-refractivity contribution in [2.45, 2.75) is 32.4 Å². The Morgan fingerprint density at radius 3 is 2.90 bits per heavy atom. The summed E-state index contributed by atoms with van der Waals surface area (Å²) in [4.78, 5) is 29.5. The quantitative estimate of drug-likeness (QED) is 0.846. The summed E-state index contributed by atoms with van der Waals surface area (Å²) in [5.41, 5.74) is 0.527. The average molecular weight is 277 g/mol. The maximum atomic E-state index is 12.6. The van der Waals surface area contributed by atoms with E-state index in [0.29, 0.717) is 24.3 Å². The molecule has 7 heteroatoms. The average Bonchev–Trinajstić information content (AvgIpc) is 3.05. The number of fused-ring (bicyclic) bond motifs is 1. The van der Waals surface area contributed by atoms with E-state index in [1.54, 1.807) is 22.5 Å². The summed E-state index contributed by atoms with van der Waals surface area (Å²) in [5.74, 6) is 0. The Hall–Kier alpha value is -1.89. The van der Waals surface area contributed by atoms with E-state index in [1.807, 2.05) is 6.92 Å². The molecule has 2 aromatic heterocycles. The van der Waals surface area contributed by atoms with Crippen LogP contribution in [0, 0.1) is 0 Å². The molecule has 0 bridgehead atoms. The van der Waals surface area contributed by atoms with Crippen molar-refractivity contribution in [2.75, 3.05) is 13.1 Å². The minimum atomic E-state index is -0.239. The van der Waals surface area contributed by atoms with E-state index in [1.165, 1.54) is 4.57 Å². The Bertz CT molecular complexity index is 748. The number of imidazole rings is 1. The lowest BCUT2D eigenvalue weighted by molar-refractivity contribution is 0.477. The molecule has 2 aromatic rings. The molecular weight excluding hydrogens is 258 g/mol. The molecule has 1 aliphatic heterocycles. The van der Waals surface area contributed by atoms with Gasteiger partial charge in [0.25, 0.3) is 5.56 Å². The van der Waals surface area contributed by atoms with Gasteiger partial charge in [0, 0.05) is 20.1 Å². The van der Waals surface area contributed by atoms with Crippen LogP contribution in [-0.2, 0) is 13.6 Å². The first-order valence-corrected chi connectivity index (χ1v) is 7.02. The highest BCUT2D eigenvalue weighted by Gasteiger charge is 2.24. The lowest BCUT2D eigenvalue weighted by Crippen LogP contribution is -2.43. The fourth-order valence-corrected chi connectivity index (χ4v) is 2.89. The minimum absolute atomic E-state index is 0.0580. The van der Waals surface area contributed by atoms with Crippen LogP contribution < -0.4 is 16.6 Å². The molecule has 1 saturated heterocycles. The van der Waals surface area contributed by atoms with Gasteiger partial charge in [-0.1, -0.05) is 6.92 Å². The van der Waals surface area contributed by atoms with E-state index in [0.717, 1.165) is 19.4 Å². The SMILES string of the molecule is CCCn1c(=O)n(C2CCNC2)c(=O)c2c1ncn2C. The van der Waals surface area contributed by atoms with E-state index in [-0.39, 0.29) is 17.3 Å². The largest absolute Gasteiger partial charge is 0.333 e. The van der Waals surface area contributed by atoms with E-state index >= 15 is 0 Å². The number of hydrogen-bond acceptors (Lipinski definition) is 4. The molecule has 20 heavy (non-hydrogen) atoms. The Morgan fingerprint density at radius 1 is 1.45 bits per heavy atom. The third-order valence-corrected chi connectivity index (χ3v) is 3.88. The second-order valence-corrected chi connectivity index (χ2v) is 5.28. The van der Waals surface area contributed by atoms with Crippen molar-refractivity contribution in [3.63, 3.8) is 0 Å². The molecule has 1 fully saturated rings. The topological polar surface area (TPSA) is 73.8 Å². The first-order valence-electron chi connectivity index (χ1n) is 7.02. The van der Waals surface area contributed by atoms with Gasteiger partial charge in [0.05, 0.1) is 12.4 Å². The van der Waals surface area contributed by atoms with E-state index in [4.69, 9.17) is 0 Å². The molecule has 1 aliphatic rings. The molecule has 1 atom stereocenters. The molecule has 0 amide bonds. The third kappa shape index (κ3) is 1.81. The minimum Gasteiger partial charge on any atom is -0.328 e. The van der Waals surface area contributed by atoms with E-state index in [9.17, 15) is 9.59 Å². The monoisotopic (exact) mass is 277 g/mol. The maximum absolute atomic E-state index is 12.6. The van der Waals surface area contributed by atoms with Crippen LogP contribution in [0.2, 0.25) is 0 Å². The van der Waals surface area contributed by atoms with Gasteiger partial charge in [-0.25, -0.2) is 9.78 Å². The lowest BCUT2D eigenvalue weighted by atomic mass is 10.2. The van der Waals surface area contributed by atoms with Crippen molar-refractivity contribution in [1.82, 2.24) is 24.0 Å². The number of nitrogens with one attached hydrogen (secondary N) is 1. The Labute approximate surface area is 115 Å². The van der Waals surface area contributed by atoms with E-state index in [2.05, 4.69) is 10.3 Å². The molecule has 0 aliphatic carbocycles. The van der Waals surface area contributed by atoms with Crippen LogP contribution in [0.4, 0.5) is 0 Å². The van der Waals surface area contributed by atoms with Gasteiger partial charge in [-0.15, -0.1) is 0 Å². The van der Waals surface area contributed by atoms with Crippen molar-refractivity contribution >= 4 is 11.2 Å². The fourth-order valence-electron chi connectivity index (χ4n) is 2.89. The Balaban J connectivity index is 2.36. The van der Waals surface area contributed by atoms with Crippen LogP contribution >= 0.6 is 0 Å². The highest BCUT2D eigenvalue weighted by atomic mass is 16.2. The molecule has 1 N–H and O–H groups in total. The van der Waals surface area contributed by atoms with Gasteiger partial charge in [0.2, 0.25) is 0 Å². The molecule has 1 unspecified atom stereocenters. The molecule has 7 nitrogen and oxygen atoms in total. The van der Waals surface area contributed by atoms with Crippen molar-refractivity contribution < 1.29 is 0 Å².